The summed E-state index contributed by atoms with van der Waals surface area (Å²) >= 11 is 0. The molecule has 1 heterocycles. The number of amides is 1. The van der Waals surface area contributed by atoms with Gasteiger partial charge in [0.05, 0.1) is 6.10 Å². The van der Waals surface area contributed by atoms with Gasteiger partial charge in [0.2, 0.25) is 5.91 Å². The first-order valence-corrected chi connectivity index (χ1v) is 6.60. The fourth-order valence-electron chi connectivity index (χ4n) is 3.22. The van der Waals surface area contributed by atoms with E-state index in [0.717, 1.165) is 19.4 Å². The molecule has 17 heavy (non-hydrogen) atoms. The summed E-state index contributed by atoms with van der Waals surface area (Å²) in [4.78, 5) is 11.9. The second-order valence-corrected chi connectivity index (χ2v) is 6.04. The molecule has 2 rings (SSSR count). The van der Waals surface area contributed by atoms with Gasteiger partial charge in [-0.2, -0.15) is 0 Å². The Kier molecular flexibility index (Phi) is 3.46. The van der Waals surface area contributed by atoms with Crippen molar-refractivity contribution in [2.45, 2.75) is 45.8 Å². The molecular weight excluding hydrogens is 216 g/mol. The van der Waals surface area contributed by atoms with Crippen LogP contribution in [-0.2, 0) is 9.53 Å². The molecule has 1 saturated heterocycles. The second-order valence-electron chi connectivity index (χ2n) is 6.04. The maximum atomic E-state index is 11.9. The van der Waals surface area contributed by atoms with E-state index in [0.29, 0.717) is 18.6 Å². The monoisotopic (exact) mass is 240 g/mol. The number of fused-ring (bicyclic) bond motifs is 1. The minimum atomic E-state index is -0.102. The Hall–Kier alpha value is -0.610. The summed E-state index contributed by atoms with van der Waals surface area (Å²) in [5.74, 6) is 0.469. The molecule has 0 aromatic carbocycles. The first-order chi connectivity index (χ1) is 7.98. The van der Waals surface area contributed by atoms with Crippen molar-refractivity contribution in [2.75, 3.05) is 13.2 Å². The molecule has 4 atom stereocenters. The number of nitrogens with two attached hydrogens (primary N) is 1. The van der Waals surface area contributed by atoms with Crippen LogP contribution in [0.15, 0.2) is 0 Å². The molecule has 98 valence electrons. The summed E-state index contributed by atoms with van der Waals surface area (Å²) in [5.41, 5.74) is 5.57. The van der Waals surface area contributed by atoms with Gasteiger partial charge in [-0.15, -0.1) is 0 Å². The third-order valence-electron chi connectivity index (χ3n) is 4.43. The molecule has 0 aromatic rings. The van der Waals surface area contributed by atoms with Crippen molar-refractivity contribution in [3.63, 3.8) is 0 Å². The number of rotatable bonds is 3. The van der Waals surface area contributed by atoms with Gasteiger partial charge in [-0.3, -0.25) is 4.79 Å². The average molecular weight is 240 g/mol. The second kappa shape index (κ2) is 4.58. The molecule has 1 amide bonds. The lowest BCUT2D eigenvalue weighted by molar-refractivity contribution is -0.194. The van der Waals surface area contributed by atoms with Crippen LogP contribution < -0.4 is 11.1 Å². The summed E-state index contributed by atoms with van der Waals surface area (Å²) in [5, 5.41) is 3.16. The van der Waals surface area contributed by atoms with Crippen molar-refractivity contribution >= 4 is 5.91 Å². The third-order valence-corrected chi connectivity index (χ3v) is 4.43. The number of ether oxygens (including phenoxy) is 1. The van der Waals surface area contributed by atoms with Gasteiger partial charge in [0.15, 0.2) is 0 Å². The standard InChI is InChI=1S/C13H24N2O2/c1-8(7-14)12(16)15-10-9-5-4-6-17-11(9)13(10,2)3/h8-11H,4-7,14H2,1-3H3,(H,15,16). The van der Waals surface area contributed by atoms with Gasteiger partial charge in [-0.05, 0) is 12.8 Å². The van der Waals surface area contributed by atoms with Crippen LogP contribution in [0.4, 0.5) is 0 Å². The predicted octanol–water partition coefficient (Wildman–Crippen LogP) is 0.901. The number of carbonyl (C=O) groups is 1. The van der Waals surface area contributed by atoms with Crippen molar-refractivity contribution < 1.29 is 9.53 Å². The Balaban J connectivity index is 1.99. The molecule has 0 aromatic heterocycles. The molecule has 4 nitrogen and oxygen atoms in total. The zero-order chi connectivity index (χ0) is 12.6. The van der Waals surface area contributed by atoms with Crippen molar-refractivity contribution in [1.29, 1.82) is 0 Å². The Bertz CT molecular complexity index is 304. The van der Waals surface area contributed by atoms with Crippen molar-refractivity contribution in [3.8, 4) is 0 Å². The van der Waals surface area contributed by atoms with Crippen LogP contribution in [0.1, 0.15) is 33.6 Å². The van der Waals surface area contributed by atoms with E-state index >= 15 is 0 Å². The van der Waals surface area contributed by atoms with Gasteiger partial charge < -0.3 is 15.8 Å². The molecule has 2 aliphatic rings. The van der Waals surface area contributed by atoms with Crippen LogP contribution in [0.3, 0.4) is 0 Å². The summed E-state index contributed by atoms with van der Waals surface area (Å²) in [7, 11) is 0. The minimum absolute atomic E-state index is 0.0507. The topological polar surface area (TPSA) is 64.4 Å². The van der Waals surface area contributed by atoms with E-state index in [-0.39, 0.29) is 23.3 Å². The summed E-state index contributed by atoms with van der Waals surface area (Å²) in [6, 6.07) is 0.245. The number of carbonyl (C=O) groups excluding carboxylic acids is 1. The van der Waals surface area contributed by atoms with Gasteiger partial charge in [0, 0.05) is 36.4 Å². The zero-order valence-corrected chi connectivity index (χ0v) is 11.0. The van der Waals surface area contributed by atoms with Crippen molar-refractivity contribution in [1.82, 2.24) is 5.32 Å². The SMILES string of the molecule is CC(CN)C(=O)NC1C2CCCOC2C1(C)C. The van der Waals surface area contributed by atoms with E-state index in [9.17, 15) is 4.79 Å². The third kappa shape index (κ3) is 2.08. The van der Waals surface area contributed by atoms with Crippen LogP contribution in [0.5, 0.6) is 0 Å². The summed E-state index contributed by atoms with van der Waals surface area (Å²) in [6.45, 7) is 7.50. The molecule has 3 N–H and O–H groups in total. The number of hydrogen-bond donors (Lipinski definition) is 2. The number of nitrogens with one attached hydrogen (secondary N) is 1. The highest BCUT2D eigenvalue weighted by atomic mass is 16.5. The van der Waals surface area contributed by atoms with Crippen molar-refractivity contribution in [3.05, 3.63) is 0 Å². The molecule has 2 fully saturated rings. The Morgan fingerprint density at radius 3 is 2.94 bits per heavy atom. The largest absolute Gasteiger partial charge is 0.377 e. The van der Waals surface area contributed by atoms with E-state index in [2.05, 4.69) is 19.2 Å². The molecule has 4 unspecified atom stereocenters. The van der Waals surface area contributed by atoms with Crippen LogP contribution in [0.2, 0.25) is 0 Å². The van der Waals surface area contributed by atoms with Crippen LogP contribution in [0, 0.1) is 17.3 Å². The molecule has 1 aliphatic heterocycles. The molecule has 0 bridgehead atoms. The maximum absolute atomic E-state index is 11.9. The quantitative estimate of drug-likeness (QED) is 0.770. The Labute approximate surface area is 103 Å². The fourth-order valence-corrected chi connectivity index (χ4v) is 3.22. The lowest BCUT2D eigenvalue weighted by atomic mass is 9.55. The predicted molar refractivity (Wildman–Crippen MR) is 66.4 cm³/mol. The Morgan fingerprint density at radius 1 is 1.59 bits per heavy atom. The molecule has 4 heteroatoms. The lowest BCUT2D eigenvalue weighted by Crippen LogP contribution is -2.70. The van der Waals surface area contributed by atoms with Gasteiger partial charge in [-0.1, -0.05) is 20.8 Å². The zero-order valence-electron chi connectivity index (χ0n) is 11.0. The molecule has 1 saturated carbocycles. The van der Waals surface area contributed by atoms with E-state index in [1.807, 2.05) is 6.92 Å². The number of hydrogen-bond acceptors (Lipinski definition) is 3. The van der Waals surface area contributed by atoms with Crippen LogP contribution in [0.25, 0.3) is 0 Å². The van der Waals surface area contributed by atoms with Gasteiger partial charge in [-0.25, -0.2) is 0 Å². The molecule has 0 spiro atoms. The van der Waals surface area contributed by atoms with E-state index in [1.54, 1.807) is 0 Å². The molecule has 1 aliphatic carbocycles. The highest BCUT2D eigenvalue weighted by molar-refractivity contribution is 5.79. The molecule has 0 radical (unpaired) electrons. The van der Waals surface area contributed by atoms with E-state index in [1.165, 1.54) is 0 Å². The first kappa shape index (κ1) is 12.8. The lowest BCUT2D eigenvalue weighted by Gasteiger charge is -2.60. The Morgan fingerprint density at radius 2 is 2.29 bits per heavy atom. The summed E-state index contributed by atoms with van der Waals surface area (Å²) in [6.07, 6.45) is 2.58. The van der Waals surface area contributed by atoms with Gasteiger partial charge in [0.1, 0.15) is 0 Å². The highest BCUT2D eigenvalue weighted by Crippen LogP contribution is 2.51. The van der Waals surface area contributed by atoms with E-state index in [4.69, 9.17) is 10.5 Å². The van der Waals surface area contributed by atoms with Crippen molar-refractivity contribution in [2.24, 2.45) is 23.0 Å². The average Bonchev–Trinajstić information content (AvgIpc) is 2.34. The van der Waals surface area contributed by atoms with Gasteiger partial charge >= 0.3 is 0 Å². The van der Waals surface area contributed by atoms with Gasteiger partial charge in [0.25, 0.3) is 0 Å². The maximum Gasteiger partial charge on any atom is 0.224 e. The first-order valence-electron chi connectivity index (χ1n) is 6.60. The highest BCUT2D eigenvalue weighted by Gasteiger charge is 2.58. The normalized spacial score (nSPS) is 36.6. The van der Waals surface area contributed by atoms with Crippen LogP contribution in [-0.4, -0.2) is 31.2 Å². The molecular formula is C13H24N2O2. The van der Waals surface area contributed by atoms with Crippen LogP contribution >= 0.6 is 0 Å². The minimum Gasteiger partial charge on any atom is -0.377 e. The smallest absolute Gasteiger partial charge is 0.224 e. The van der Waals surface area contributed by atoms with E-state index < -0.39 is 0 Å². The summed E-state index contributed by atoms with van der Waals surface area (Å²) < 4.78 is 5.81. The fraction of sp³-hybridized carbons (Fsp3) is 0.923.